The number of thioether (sulfide) groups is 1. The number of alkyl halides is 6. The van der Waals surface area contributed by atoms with E-state index in [1.807, 2.05) is 0 Å². The molecule has 11 heteroatoms. The van der Waals surface area contributed by atoms with Crippen LogP contribution in [0, 0.1) is 0 Å². The van der Waals surface area contributed by atoms with Crippen LogP contribution in [-0.4, -0.2) is 10.7 Å². The number of aromatic nitrogens is 1. The monoisotopic (exact) mass is 422 g/mol. The van der Waals surface area contributed by atoms with Crippen LogP contribution in [0.4, 0.5) is 32.0 Å². The molecule has 0 atom stereocenters. The number of hydrogen-bond donors (Lipinski definition) is 2. The molecule has 0 spiro atoms. The lowest BCUT2D eigenvalue weighted by Crippen LogP contribution is -2.26. The van der Waals surface area contributed by atoms with Gasteiger partial charge < -0.3 is 5.73 Å². The van der Waals surface area contributed by atoms with Crippen molar-refractivity contribution in [3.05, 3.63) is 59.5 Å². The fraction of sp³-hybridized carbons (Fsp3) is 0.235. The highest BCUT2D eigenvalue weighted by molar-refractivity contribution is 7.99. The van der Waals surface area contributed by atoms with E-state index in [1.165, 1.54) is 6.20 Å². The molecule has 0 saturated carbocycles. The predicted octanol–water partition coefficient (Wildman–Crippen LogP) is 4.87. The molecule has 2 rings (SSSR count). The lowest BCUT2D eigenvalue weighted by Gasteiger charge is -2.17. The highest BCUT2D eigenvalue weighted by atomic mass is 32.2. The van der Waals surface area contributed by atoms with Crippen LogP contribution in [0.2, 0.25) is 0 Å². The Hall–Kier alpha value is -2.40. The molecule has 0 aliphatic heterocycles. The van der Waals surface area contributed by atoms with Crippen molar-refractivity contribution in [3.8, 4) is 0 Å². The van der Waals surface area contributed by atoms with Crippen molar-refractivity contribution >= 4 is 23.1 Å². The Labute approximate surface area is 161 Å². The first-order valence-electron chi connectivity index (χ1n) is 7.82. The van der Waals surface area contributed by atoms with Crippen LogP contribution >= 0.6 is 11.8 Å². The Morgan fingerprint density at radius 3 is 2.14 bits per heavy atom. The van der Waals surface area contributed by atoms with Crippen molar-refractivity contribution in [2.45, 2.75) is 24.2 Å². The number of pyridine rings is 1. The van der Waals surface area contributed by atoms with E-state index in [4.69, 9.17) is 11.6 Å². The van der Waals surface area contributed by atoms with E-state index in [-0.39, 0.29) is 22.0 Å². The number of rotatable bonds is 5. The summed E-state index contributed by atoms with van der Waals surface area (Å²) in [4.78, 5) is 4.01. The summed E-state index contributed by atoms with van der Waals surface area (Å²) in [6.45, 7) is 1.76. The van der Waals surface area contributed by atoms with Gasteiger partial charge in [-0.1, -0.05) is 6.92 Å². The largest absolute Gasteiger partial charge is 0.417 e. The Morgan fingerprint density at radius 2 is 1.64 bits per heavy atom. The van der Waals surface area contributed by atoms with E-state index < -0.39 is 23.5 Å². The fourth-order valence-electron chi connectivity index (χ4n) is 2.19. The van der Waals surface area contributed by atoms with Crippen LogP contribution in [0.5, 0.6) is 0 Å². The molecule has 4 nitrogen and oxygen atoms in total. The zero-order chi connectivity index (χ0) is 21.1. The first-order valence-corrected chi connectivity index (χ1v) is 8.81. The summed E-state index contributed by atoms with van der Waals surface area (Å²) in [5, 5.41) is 0.967. The van der Waals surface area contributed by atoms with Crippen molar-refractivity contribution in [2.24, 2.45) is 11.6 Å². The molecule has 1 aromatic heterocycles. The molecule has 1 aromatic carbocycles. The standard InChI is InChI=1S/C17H16F6N4S/c1-2-28-14-7-11(17(21,22)23)8-26-15(14)13(24)9-27(25)12-5-3-10(4-6-12)16(18,19)20/h3-9H,2,24-25H2,1H3/b13-9-. The quantitative estimate of drug-likeness (QED) is 0.312. The van der Waals surface area contributed by atoms with Gasteiger partial charge in [0, 0.05) is 17.3 Å². The van der Waals surface area contributed by atoms with Crippen LogP contribution in [-0.2, 0) is 12.4 Å². The minimum absolute atomic E-state index is 0.0351. The highest BCUT2D eigenvalue weighted by Gasteiger charge is 2.32. The Balaban J connectivity index is 2.33. The summed E-state index contributed by atoms with van der Waals surface area (Å²) in [5.74, 6) is 6.28. The molecule has 0 unspecified atom stereocenters. The number of hydrogen-bond acceptors (Lipinski definition) is 5. The Bertz CT molecular complexity index is 846. The summed E-state index contributed by atoms with van der Waals surface area (Å²) in [6, 6.07) is 4.95. The molecular formula is C17H16F6N4S. The second kappa shape index (κ2) is 8.31. The minimum Gasteiger partial charge on any atom is -0.396 e. The molecule has 0 aliphatic rings. The highest BCUT2D eigenvalue weighted by Crippen LogP contribution is 2.34. The van der Waals surface area contributed by atoms with Crippen LogP contribution < -0.4 is 16.6 Å². The number of halogens is 6. The van der Waals surface area contributed by atoms with Gasteiger partial charge in [-0.3, -0.25) is 9.99 Å². The second-order valence-corrected chi connectivity index (χ2v) is 6.84. The molecule has 0 amide bonds. The third-order valence-corrected chi connectivity index (χ3v) is 4.44. The van der Waals surface area contributed by atoms with Crippen molar-refractivity contribution in [1.29, 1.82) is 0 Å². The van der Waals surface area contributed by atoms with E-state index in [9.17, 15) is 26.3 Å². The molecule has 0 fully saturated rings. The summed E-state index contributed by atoms with van der Waals surface area (Å²) in [6.07, 6.45) is -7.19. The van der Waals surface area contributed by atoms with Gasteiger partial charge in [-0.2, -0.15) is 26.3 Å². The topological polar surface area (TPSA) is 68.2 Å². The molecular weight excluding hydrogens is 406 g/mol. The maximum absolute atomic E-state index is 12.9. The minimum atomic E-state index is -4.55. The Kier molecular flexibility index (Phi) is 6.50. The van der Waals surface area contributed by atoms with Gasteiger partial charge in [0.25, 0.3) is 0 Å². The Morgan fingerprint density at radius 1 is 1.07 bits per heavy atom. The van der Waals surface area contributed by atoms with Crippen LogP contribution in [0.3, 0.4) is 0 Å². The molecule has 0 radical (unpaired) electrons. The fourth-order valence-corrected chi connectivity index (χ4v) is 3.02. The SMILES string of the molecule is CCSc1cc(C(F)(F)F)cnc1/C(N)=C/N(N)c1ccc(C(F)(F)F)cc1. The van der Waals surface area contributed by atoms with Crippen LogP contribution in [0.1, 0.15) is 23.7 Å². The number of hydrazine groups is 1. The molecule has 4 N–H and O–H groups in total. The molecule has 1 heterocycles. The van der Waals surface area contributed by atoms with E-state index in [0.717, 1.165) is 47.1 Å². The van der Waals surface area contributed by atoms with Gasteiger partial charge in [-0.15, -0.1) is 11.8 Å². The third-order valence-electron chi connectivity index (χ3n) is 3.52. The summed E-state index contributed by atoms with van der Waals surface area (Å²) in [5.41, 5.74) is 4.44. The first kappa shape index (κ1) is 21.9. The average molecular weight is 422 g/mol. The summed E-state index contributed by atoms with van der Waals surface area (Å²) in [7, 11) is 0. The van der Waals surface area contributed by atoms with Crippen molar-refractivity contribution in [3.63, 3.8) is 0 Å². The smallest absolute Gasteiger partial charge is 0.396 e. The maximum atomic E-state index is 12.9. The van der Waals surface area contributed by atoms with E-state index in [1.54, 1.807) is 6.92 Å². The lowest BCUT2D eigenvalue weighted by atomic mass is 10.2. The number of nitrogens with two attached hydrogens (primary N) is 2. The van der Waals surface area contributed by atoms with Gasteiger partial charge in [0.1, 0.15) is 5.69 Å². The van der Waals surface area contributed by atoms with Gasteiger partial charge in [-0.25, -0.2) is 5.84 Å². The average Bonchev–Trinajstić information content (AvgIpc) is 2.60. The molecule has 28 heavy (non-hydrogen) atoms. The lowest BCUT2D eigenvalue weighted by molar-refractivity contribution is -0.138. The third kappa shape index (κ3) is 5.32. The van der Waals surface area contributed by atoms with E-state index in [2.05, 4.69) is 4.98 Å². The molecule has 0 bridgehead atoms. The van der Waals surface area contributed by atoms with Gasteiger partial charge >= 0.3 is 12.4 Å². The van der Waals surface area contributed by atoms with Gasteiger partial charge in [0.2, 0.25) is 0 Å². The van der Waals surface area contributed by atoms with E-state index >= 15 is 0 Å². The molecule has 2 aromatic rings. The zero-order valence-corrected chi connectivity index (χ0v) is 15.3. The maximum Gasteiger partial charge on any atom is 0.417 e. The molecule has 0 saturated heterocycles. The predicted molar refractivity (Wildman–Crippen MR) is 95.9 cm³/mol. The normalized spacial score (nSPS) is 12.9. The molecule has 152 valence electrons. The number of anilines is 1. The number of nitrogens with zero attached hydrogens (tertiary/aromatic N) is 2. The first-order chi connectivity index (χ1) is 12.9. The van der Waals surface area contributed by atoms with Crippen molar-refractivity contribution in [2.75, 3.05) is 10.8 Å². The van der Waals surface area contributed by atoms with E-state index in [0.29, 0.717) is 11.9 Å². The van der Waals surface area contributed by atoms with Crippen LogP contribution in [0.25, 0.3) is 5.70 Å². The summed E-state index contributed by atoms with van der Waals surface area (Å²) >= 11 is 1.12. The van der Waals surface area contributed by atoms with Gasteiger partial charge in [0.15, 0.2) is 0 Å². The summed E-state index contributed by atoms with van der Waals surface area (Å²) < 4.78 is 76.5. The second-order valence-electron chi connectivity index (χ2n) is 5.54. The van der Waals surface area contributed by atoms with Crippen LogP contribution in [0.15, 0.2) is 47.6 Å². The van der Waals surface area contributed by atoms with Crippen molar-refractivity contribution < 1.29 is 26.3 Å². The van der Waals surface area contributed by atoms with Gasteiger partial charge in [0.05, 0.1) is 22.5 Å². The zero-order valence-electron chi connectivity index (χ0n) is 14.5. The molecule has 0 aliphatic carbocycles. The van der Waals surface area contributed by atoms with Gasteiger partial charge in [-0.05, 0) is 36.1 Å². The van der Waals surface area contributed by atoms with Crippen molar-refractivity contribution in [1.82, 2.24) is 4.98 Å². The number of benzene rings is 1.